The Morgan fingerprint density at radius 2 is 2.05 bits per heavy atom. The summed E-state index contributed by atoms with van der Waals surface area (Å²) >= 11 is 1.74. The quantitative estimate of drug-likeness (QED) is 0.225. The molecular formula is C32H35N5O3S. The molecule has 4 heterocycles. The Balaban J connectivity index is 1.45. The normalized spacial score (nSPS) is 18.2. The molecule has 2 aromatic carbocycles. The summed E-state index contributed by atoms with van der Waals surface area (Å²) < 4.78 is 9.40. The lowest BCUT2D eigenvalue weighted by Crippen LogP contribution is -2.35. The summed E-state index contributed by atoms with van der Waals surface area (Å²) in [5.41, 5.74) is 6.88. The number of aliphatic carboxylic acids is 1. The number of aromatic nitrogens is 4. The molecule has 0 saturated carbocycles. The SMILES string of the molecule is CC[C@@H]1CN(Cc2cc([C@H](CC(=O)O)c3ccc4c(nnn4C)c3C)cc3ccsc23)[C@H](CC)c2ncccc2O1. The van der Waals surface area contributed by atoms with Gasteiger partial charge >= 0.3 is 5.97 Å². The van der Waals surface area contributed by atoms with Gasteiger partial charge in [-0.3, -0.25) is 14.7 Å². The molecule has 1 N–H and O–H groups in total. The van der Waals surface area contributed by atoms with Crippen LogP contribution in [-0.4, -0.2) is 48.6 Å². The molecule has 0 spiro atoms. The highest BCUT2D eigenvalue weighted by atomic mass is 32.1. The van der Waals surface area contributed by atoms with E-state index in [-0.39, 0.29) is 24.5 Å². The molecule has 9 heteroatoms. The molecule has 0 aliphatic carbocycles. The smallest absolute Gasteiger partial charge is 0.304 e. The minimum Gasteiger partial charge on any atom is -0.487 e. The average Bonchev–Trinajstić information content (AvgIpc) is 3.56. The molecule has 0 saturated heterocycles. The number of benzene rings is 2. The van der Waals surface area contributed by atoms with Crippen LogP contribution in [0.5, 0.6) is 5.75 Å². The summed E-state index contributed by atoms with van der Waals surface area (Å²) in [5.74, 6) is -0.271. The Morgan fingerprint density at radius 1 is 1.20 bits per heavy atom. The zero-order valence-electron chi connectivity index (χ0n) is 23.9. The van der Waals surface area contributed by atoms with Gasteiger partial charge in [0, 0.05) is 37.0 Å². The summed E-state index contributed by atoms with van der Waals surface area (Å²) in [5, 5.41) is 21.8. The first-order valence-corrected chi connectivity index (χ1v) is 15.1. The van der Waals surface area contributed by atoms with Gasteiger partial charge in [-0.2, -0.15) is 0 Å². The zero-order valence-corrected chi connectivity index (χ0v) is 24.7. The van der Waals surface area contributed by atoms with Crippen LogP contribution in [0.25, 0.3) is 21.1 Å². The zero-order chi connectivity index (χ0) is 28.7. The van der Waals surface area contributed by atoms with Crippen molar-refractivity contribution in [2.75, 3.05) is 6.54 Å². The third-order valence-corrected chi connectivity index (χ3v) is 9.40. The summed E-state index contributed by atoms with van der Waals surface area (Å²) in [7, 11) is 1.87. The number of carbonyl (C=O) groups is 1. The lowest BCUT2D eigenvalue weighted by atomic mass is 9.84. The van der Waals surface area contributed by atoms with E-state index in [0.717, 1.165) is 70.5 Å². The molecule has 0 amide bonds. The number of nitrogens with zero attached hydrogens (tertiary/aromatic N) is 5. The lowest BCUT2D eigenvalue weighted by molar-refractivity contribution is -0.137. The van der Waals surface area contributed by atoms with Crippen molar-refractivity contribution in [2.24, 2.45) is 7.05 Å². The maximum Gasteiger partial charge on any atom is 0.304 e. The van der Waals surface area contributed by atoms with Gasteiger partial charge in [0.1, 0.15) is 17.4 Å². The Hall–Kier alpha value is -3.82. The fourth-order valence-electron chi connectivity index (χ4n) is 6.30. The molecule has 1 aliphatic rings. The van der Waals surface area contributed by atoms with E-state index in [4.69, 9.17) is 9.72 Å². The number of thiophene rings is 1. The summed E-state index contributed by atoms with van der Waals surface area (Å²) in [6, 6.07) is 14.7. The first kappa shape index (κ1) is 27.4. The molecule has 3 aromatic heterocycles. The number of carboxylic acid groups (broad SMARTS) is 1. The highest BCUT2D eigenvalue weighted by Gasteiger charge is 2.31. The molecule has 212 valence electrons. The molecule has 5 aromatic rings. The van der Waals surface area contributed by atoms with Gasteiger partial charge in [0.25, 0.3) is 0 Å². The molecule has 8 nitrogen and oxygen atoms in total. The maximum atomic E-state index is 12.2. The van der Waals surface area contributed by atoms with Crippen molar-refractivity contribution >= 4 is 38.4 Å². The molecule has 41 heavy (non-hydrogen) atoms. The number of aryl methyl sites for hydroxylation is 2. The first-order chi connectivity index (χ1) is 19.9. The molecule has 0 unspecified atom stereocenters. The minimum absolute atomic E-state index is 0.00790. The van der Waals surface area contributed by atoms with Crippen LogP contribution in [0.2, 0.25) is 0 Å². The van der Waals surface area contributed by atoms with Gasteiger partial charge in [-0.15, -0.1) is 16.4 Å². The number of hydrogen-bond donors (Lipinski definition) is 1. The Morgan fingerprint density at radius 3 is 2.83 bits per heavy atom. The molecule has 0 fully saturated rings. The average molecular weight is 570 g/mol. The number of pyridine rings is 1. The summed E-state index contributed by atoms with van der Waals surface area (Å²) in [6.45, 7) is 7.90. The van der Waals surface area contributed by atoms with Crippen molar-refractivity contribution in [2.45, 2.75) is 64.6 Å². The van der Waals surface area contributed by atoms with Gasteiger partial charge < -0.3 is 9.84 Å². The fraction of sp³-hybridized carbons (Fsp3) is 0.375. The third-order valence-electron chi connectivity index (χ3n) is 8.39. The molecule has 0 radical (unpaired) electrons. The molecule has 1 aliphatic heterocycles. The van der Waals surface area contributed by atoms with E-state index in [0.29, 0.717) is 0 Å². The Kier molecular flexibility index (Phi) is 7.48. The van der Waals surface area contributed by atoms with Gasteiger partial charge in [0.15, 0.2) is 0 Å². The lowest BCUT2D eigenvalue weighted by Gasteiger charge is -2.30. The van der Waals surface area contributed by atoms with E-state index < -0.39 is 5.97 Å². The number of rotatable bonds is 8. The van der Waals surface area contributed by atoms with E-state index in [1.807, 2.05) is 44.4 Å². The Labute approximate surface area is 243 Å². The largest absolute Gasteiger partial charge is 0.487 e. The first-order valence-electron chi connectivity index (χ1n) is 14.2. The van der Waals surface area contributed by atoms with E-state index in [2.05, 4.69) is 52.6 Å². The van der Waals surface area contributed by atoms with Gasteiger partial charge in [0.05, 0.1) is 23.7 Å². The van der Waals surface area contributed by atoms with Gasteiger partial charge in [0.2, 0.25) is 0 Å². The fourth-order valence-corrected chi connectivity index (χ4v) is 7.19. The van der Waals surface area contributed by atoms with Crippen molar-refractivity contribution in [1.82, 2.24) is 24.9 Å². The Bertz CT molecular complexity index is 1730. The van der Waals surface area contributed by atoms with Crippen molar-refractivity contribution in [1.29, 1.82) is 0 Å². The van der Waals surface area contributed by atoms with Crippen LogP contribution in [-0.2, 0) is 18.4 Å². The van der Waals surface area contributed by atoms with Crippen LogP contribution >= 0.6 is 11.3 Å². The van der Waals surface area contributed by atoms with Gasteiger partial charge in [-0.05, 0) is 83.1 Å². The second-order valence-electron chi connectivity index (χ2n) is 10.9. The van der Waals surface area contributed by atoms with Crippen molar-refractivity contribution in [3.8, 4) is 5.75 Å². The van der Waals surface area contributed by atoms with E-state index in [9.17, 15) is 9.90 Å². The number of hydrogen-bond acceptors (Lipinski definition) is 7. The second-order valence-corrected chi connectivity index (χ2v) is 11.8. The van der Waals surface area contributed by atoms with Crippen LogP contribution in [0.4, 0.5) is 0 Å². The summed E-state index contributed by atoms with van der Waals surface area (Å²) in [4.78, 5) is 19.4. The number of carboxylic acids is 1. The van der Waals surface area contributed by atoms with E-state index >= 15 is 0 Å². The molecule has 0 bridgehead atoms. The standard InChI is InChI=1S/C32H35N5O3S/c1-5-23-18-37(26(6-2)31-28(40-23)8-7-12-33-31)17-22-15-21(14-20-11-13-41-32(20)22)25(16-29(38)39)24-9-10-27-30(19(24)3)34-35-36(27)4/h7-15,23,25-26H,5-6,16-18H2,1-4H3,(H,38,39)/t23-,25+,26-/m1/s1. The van der Waals surface area contributed by atoms with Crippen molar-refractivity contribution < 1.29 is 14.6 Å². The van der Waals surface area contributed by atoms with E-state index in [1.165, 1.54) is 10.3 Å². The van der Waals surface area contributed by atoms with Crippen LogP contribution in [0.1, 0.15) is 73.0 Å². The van der Waals surface area contributed by atoms with Crippen molar-refractivity contribution in [3.05, 3.63) is 82.0 Å². The topological polar surface area (TPSA) is 93.4 Å². The van der Waals surface area contributed by atoms with Gasteiger partial charge in [-0.25, -0.2) is 4.68 Å². The predicted molar refractivity (Wildman–Crippen MR) is 162 cm³/mol. The van der Waals surface area contributed by atoms with Crippen molar-refractivity contribution in [3.63, 3.8) is 0 Å². The molecule has 6 rings (SSSR count). The molecule has 3 atom stereocenters. The van der Waals surface area contributed by atoms with Crippen LogP contribution < -0.4 is 4.74 Å². The summed E-state index contributed by atoms with van der Waals surface area (Å²) in [6.07, 6.45) is 3.72. The monoisotopic (exact) mass is 569 g/mol. The van der Waals surface area contributed by atoms with Crippen LogP contribution in [0.15, 0.2) is 54.0 Å². The predicted octanol–water partition coefficient (Wildman–Crippen LogP) is 6.62. The van der Waals surface area contributed by atoms with Gasteiger partial charge in [-0.1, -0.05) is 31.2 Å². The number of fused-ring (bicyclic) bond motifs is 3. The number of ether oxygens (including phenoxy) is 1. The third kappa shape index (κ3) is 5.08. The highest BCUT2D eigenvalue weighted by molar-refractivity contribution is 7.17. The minimum atomic E-state index is -0.829. The van der Waals surface area contributed by atoms with E-state index in [1.54, 1.807) is 16.0 Å². The highest BCUT2D eigenvalue weighted by Crippen LogP contribution is 2.40. The maximum absolute atomic E-state index is 12.2. The molecular weight excluding hydrogens is 534 g/mol. The van der Waals surface area contributed by atoms with Crippen LogP contribution in [0, 0.1) is 6.92 Å². The van der Waals surface area contributed by atoms with Crippen LogP contribution in [0.3, 0.4) is 0 Å². The second kappa shape index (κ2) is 11.2.